The van der Waals surface area contributed by atoms with E-state index in [0.717, 1.165) is 22.3 Å². The molecule has 0 aliphatic carbocycles. The third-order valence-corrected chi connectivity index (χ3v) is 5.63. The third-order valence-electron chi connectivity index (χ3n) is 5.63. The van der Waals surface area contributed by atoms with E-state index in [-0.39, 0.29) is 5.75 Å². The van der Waals surface area contributed by atoms with Gasteiger partial charge in [-0.2, -0.15) is 0 Å². The smallest absolute Gasteiger partial charge is 0.219 e. The number of para-hydroxylation sites is 1. The van der Waals surface area contributed by atoms with E-state index in [1.165, 1.54) is 5.56 Å². The summed E-state index contributed by atoms with van der Waals surface area (Å²) in [7, 11) is 0. The van der Waals surface area contributed by atoms with Crippen LogP contribution in [0.25, 0.3) is 34.2 Å². The summed E-state index contributed by atoms with van der Waals surface area (Å²) in [5.74, 6) is 2.67. The number of aromatic nitrogens is 4. The highest BCUT2D eigenvalue weighted by Crippen LogP contribution is 2.33. The number of rotatable bonds is 5. The molecule has 0 aliphatic rings. The van der Waals surface area contributed by atoms with E-state index < -0.39 is 0 Å². The van der Waals surface area contributed by atoms with E-state index >= 15 is 0 Å². The zero-order valence-electron chi connectivity index (χ0n) is 19.7. The Balaban J connectivity index is 1.67. The van der Waals surface area contributed by atoms with Crippen LogP contribution in [0, 0.1) is 20.8 Å². The average molecular weight is 461 g/mol. The molecule has 0 spiro atoms. The predicted octanol–water partition coefficient (Wildman–Crippen LogP) is 6.69. The second-order valence-electron chi connectivity index (χ2n) is 8.39. The Morgan fingerprint density at radius 1 is 0.686 bits per heavy atom. The fourth-order valence-electron chi connectivity index (χ4n) is 4.16. The molecule has 6 heteroatoms. The minimum absolute atomic E-state index is 0.111. The van der Waals surface area contributed by atoms with Crippen LogP contribution < -0.4 is 4.74 Å². The van der Waals surface area contributed by atoms with Gasteiger partial charge in [0, 0.05) is 23.4 Å². The largest absolute Gasteiger partial charge is 0.507 e. The van der Waals surface area contributed by atoms with E-state index in [0.29, 0.717) is 34.7 Å². The molecule has 0 amide bonds. The van der Waals surface area contributed by atoms with Crippen LogP contribution in [0.4, 0.5) is 0 Å². The number of phenols is 1. The highest BCUT2D eigenvalue weighted by Gasteiger charge is 2.17. The van der Waals surface area contributed by atoms with Crippen molar-refractivity contribution in [1.82, 2.24) is 19.9 Å². The molecule has 3 aromatic carbocycles. The lowest BCUT2D eigenvalue weighted by atomic mass is 9.99. The van der Waals surface area contributed by atoms with Crippen molar-refractivity contribution in [3.05, 3.63) is 102 Å². The number of phenolic OH excluding ortho intramolecular Hbond substituents is 1. The maximum atomic E-state index is 10.5. The SMILES string of the molecule is Cc1cc(C)c(-c2nc(-c3cccc(Oc4ccccn4)c3)nc(-c3ccccc3O)n2)c(C)c1. The van der Waals surface area contributed by atoms with Crippen molar-refractivity contribution in [3.63, 3.8) is 0 Å². The Morgan fingerprint density at radius 3 is 2.14 bits per heavy atom. The van der Waals surface area contributed by atoms with Gasteiger partial charge >= 0.3 is 0 Å². The number of hydrogen-bond acceptors (Lipinski definition) is 6. The van der Waals surface area contributed by atoms with Crippen LogP contribution in [0.15, 0.2) is 85.1 Å². The lowest BCUT2D eigenvalue weighted by Crippen LogP contribution is -2.02. The van der Waals surface area contributed by atoms with Gasteiger partial charge in [-0.3, -0.25) is 0 Å². The van der Waals surface area contributed by atoms with Crippen molar-refractivity contribution in [1.29, 1.82) is 0 Å². The molecule has 0 bridgehead atoms. The lowest BCUT2D eigenvalue weighted by Gasteiger charge is -2.13. The summed E-state index contributed by atoms with van der Waals surface area (Å²) < 4.78 is 5.92. The second-order valence-corrected chi connectivity index (χ2v) is 8.39. The molecule has 2 heterocycles. The first-order valence-corrected chi connectivity index (χ1v) is 11.3. The summed E-state index contributed by atoms with van der Waals surface area (Å²) in [6, 6.07) is 24.3. The minimum atomic E-state index is 0.111. The third kappa shape index (κ3) is 4.73. The lowest BCUT2D eigenvalue weighted by molar-refractivity contribution is 0.463. The Morgan fingerprint density at radius 2 is 1.40 bits per heavy atom. The maximum absolute atomic E-state index is 10.5. The van der Waals surface area contributed by atoms with Gasteiger partial charge in [-0.15, -0.1) is 0 Å². The number of aromatic hydroxyl groups is 1. The average Bonchev–Trinajstić information content (AvgIpc) is 2.84. The first-order chi connectivity index (χ1) is 17.0. The molecule has 0 radical (unpaired) electrons. The van der Waals surface area contributed by atoms with Crippen molar-refractivity contribution >= 4 is 0 Å². The zero-order chi connectivity index (χ0) is 24.4. The van der Waals surface area contributed by atoms with E-state index in [9.17, 15) is 5.11 Å². The summed E-state index contributed by atoms with van der Waals surface area (Å²) in [5, 5.41) is 10.5. The van der Waals surface area contributed by atoms with Crippen LogP contribution in [0.1, 0.15) is 16.7 Å². The number of ether oxygens (including phenoxy) is 1. The topological polar surface area (TPSA) is 81.0 Å². The fourth-order valence-corrected chi connectivity index (χ4v) is 4.16. The van der Waals surface area contributed by atoms with Gasteiger partial charge in [-0.1, -0.05) is 48.0 Å². The summed E-state index contributed by atoms with van der Waals surface area (Å²) in [6.07, 6.45) is 1.68. The van der Waals surface area contributed by atoms with Gasteiger partial charge in [0.15, 0.2) is 17.5 Å². The number of nitrogens with zero attached hydrogens (tertiary/aromatic N) is 4. The minimum Gasteiger partial charge on any atom is -0.507 e. The Hall–Kier alpha value is -4.58. The molecule has 1 N–H and O–H groups in total. The quantitative estimate of drug-likeness (QED) is 0.315. The molecular formula is C29H24N4O2. The van der Waals surface area contributed by atoms with Crippen molar-refractivity contribution in [2.24, 2.45) is 0 Å². The molecule has 5 rings (SSSR count). The standard InChI is InChI=1S/C29H24N4O2/c1-18-15-19(2)26(20(3)16-18)29-32-27(31-28(33-29)23-11-4-5-12-24(23)34)21-9-8-10-22(17-21)35-25-13-6-7-14-30-25/h4-17,34H,1-3H3. The van der Waals surface area contributed by atoms with Crippen LogP contribution in [-0.4, -0.2) is 25.0 Å². The first-order valence-electron chi connectivity index (χ1n) is 11.3. The fraction of sp³-hybridized carbons (Fsp3) is 0.103. The van der Waals surface area contributed by atoms with Gasteiger partial charge in [-0.05, 0) is 62.2 Å². The van der Waals surface area contributed by atoms with Gasteiger partial charge < -0.3 is 9.84 Å². The molecule has 2 aromatic heterocycles. The molecule has 0 saturated heterocycles. The molecule has 5 aromatic rings. The Kier molecular flexibility index (Phi) is 5.94. The molecule has 0 atom stereocenters. The Labute approximate surface area is 204 Å². The van der Waals surface area contributed by atoms with Crippen molar-refractivity contribution in [2.45, 2.75) is 20.8 Å². The molecular weight excluding hydrogens is 436 g/mol. The zero-order valence-corrected chi connectivity index (χ0v) is 19.7. The van der Waals surface area contributed by atoms with E-state index in [2.05, 4.69) is 37.9 Å². The molecule has 172 valence electrons. The van der Waals surface area contributed by atoms with Gasteiger partial charge in [0.2, 0.25) is 5.88 Å². The maximum Gasteiger partial charge on any atom is 0.219 e. The summed E-state index contributed by atoms with van der Waals surface area (Å²) in [4.78, 5) is 18.6. The van der Waals surface area contributed by atoms with Crippen molar-refractivity contribution in [3.8, 4) is 51.5 Å². The van der Waals surface area contributed by atoms with Crippen molar-refractivity contribution in [2.75, 3.05) is 0 Å². The van der Waals surface area contributed by atoms with Crippen LogP contribution in [-0.2, 0) is 0 Å². The van der Waals surface area contributed by atoms with Gasteiger partial charge in [0.05, 0.1) is 5.56 Å². The highest BCUT2D eigenvalue weighted by atomic mass is 16.5. The Bertz CT molecular complexity index is 1490. The van der Waals surface area contributed by atoms with Crippen LogP contribution in [0.3, 0.4) is 0 Å². The van der Waals surface area contributed by atoms with Crippen LogP contribution >= 0.6 is 0 Å². The van der Waals surface area contributed by atoms with Gasteiger partial charge in [0.1, 0.15) is 11.5 Å². The molecule has 0 fully saturated rings. The predicted molar refractivity (Wildman–Crippen MR) is 136 cm³/mol. The normalized spacial score (nSPS) is 10.8. The second kappa shape index (κ2) is 9.35. The number of hydrogen-bond donors (Lipinski definition) is 1. The first kappa shape index (κ1) is 22.2. The number of benzene rings is 3. The molecule has 6 nitrogen and oxygen atoms in total. The van der Waals surface area contributed by atoms with Gasteiger partial charge in [0.25, 0.3) is 0 Å². The molecule has 35 heavy (non-hydrogen) atoms. The molecule has 0 unspecified atom stereocenters. The van der Waals surface area contributed by atoms with Gasteiger partial charge in [-0.25, -0.2) is 19.9 Å². The van der Waals surface area contributed by atoms with E-state index in [1.54, 1.807) is 30.5 Å². The number of aryl methyl sites for hydroxylation is 3. The van der Waals surface area contributed by atoms with E-state index in [4.69, 9.17) is 19.7 Å². The van der Waals surface area contributed by atoms with Crippen LogP contribution in [0.5, 0.6) is 17.4 Å². The number of pyridine rings is 1. The molecule has 0 aliphatic heterocycles. The summed E-state index contributed by atoms with van der Waals surface area (Å²) in [5.41, 5.74) is 5.60. The van der Waals surface area contributed by atoms with Crippen molar-refractivity contribution < 1.29 is 9.84 Å². The highest BCUT2D eigenvalue weighted by molar-refractivity contribution is 5.72. The molecule has 0 saturated carbocycles. The van der Waals surface area contributed by atoms with Crippen LogP contribution in [0.2, 0.25) is 0 Å². The summed E-state index contributed by atoms with van der Waals surface area (Å²) in [6.45, 7) is 6.18. The van der Waals surface area contributed by atoms with E-state index in [1.807, 2.05) is 42.5 Å². The monoisotopic (exact) mass is 460 g/mol. The summed E-state index contributed by atoms with van der Waals surface area (Å²) >= 11 is 0.